The Morgan fingerprint density at radius 1 is 0.759 bits per heavy atom. The largest absolute Gasteiger partial charge is 0.494 e. The molecule has 54 heavy (non-hydrogen) atoms. The monoisotopic (exact) mass is 799 g/mol. The van der Waals surface area contributed by atoms with Crippen molar-refractivity contribution >= 4 is 62.9 Å². The third kappa shape index (κ3) is 10.6. The molecule has 0 aliphatic heterocycles. The van der Waals surface area contributed by atoms with E-state index in [4.69, 9.17) is 9.15 Å². The van der Waals surface area contributed by atoms with Gasteiger partial charge < -0.3 is 25.1 Å². The summed E-state index contributed by atoms with van der Waals surface area (Å²) in [5, 5.41) is 8.13. The minimum absolute atomic E-state index is 0.000350. The van der Waals surface area contributed by atoms with Crippen LogP contribution in [0.2, 0.25) is 0 Å². The molecule has 3 amide bonds. The molecule has 8 nitrogen and oxygen atoms in total. The molecule has 0 spiro atoms. The number of amides is 3. The Bertz CT molecular complexity index is 2190. The zero-order valence-corrected chi connectivity index (χ0v) is 31.9. The molecule has 0 aliphatic rings. The summed E-state index contributed by atoms with van der Waals surface area (Å²) in [5.74, 6) is 0.613. The number of halogens is 1. The summed E-state index contributed by atoms with van der Waals surface area (Å²) >= 11 is 4.84. The molecule has 0 fully saturated rings. The van der Waals surface area contributed by atoms with Crippen molar-refractivity contribution in [1.82, 2.24) is 5.32 Å². The number of hydrogen-bond acceptors (Lipinski definition) is 6. The lowest BCUT2D eigenvalue weighted by Gasteiger charge is -2.18. The number of hydrogen-bond donors (Lipinski definition) is 3. The number of carbonyl (C=O) groups is 3. The van der Waals surface area contributed by atoms with Gasteiger partial charge in [0.25, 0.3) is 11.8 Å². The zero-order chi connectivity index (χ0) is 37.7. The van der Waals surface area contributed by atoms with E-state index < -0.39 is 17.1 Å². The van der Waals surface area contributed by atoms with Crippen molar-refractivity contribution in [3.63, 3.8) is 0 Å². The molecule has 0 aliphatic carbocycles. The number of unbranched alkanes of at least 4 members (excludes halogenated alkanes) is 1. The molecule has 1 heterocycles. The topological polar surface area (TPSA) is 110 Å². The molecule has 5 aromatic carbocycles. The number of rotatable bonds is 15. The third-order valence-electron chi connectivity index (χ3n) is 8.17. The highest BCUT2D eigenvalue weighted by Gasteiger charge is 2.23. The molecule has 3 N–H and O–H groups in total. The van der Waals surface area contributed by atoms with Crippen LogP contribution in [0.25, 0.3) is 17.4 Å². The number of thioether (sulfide) groups is 1. The fourth-order valence-corrected chi connectivity index (χ4v) is 6.60. The Balaban J connectivity index is 1.16. The van der Waals surface area contributed by atoms with Gasteiger partial charge >= 0.3 is 0 Å². The van der Waals surface area contributed by atoms with E-state index in [0.29, 0.717) is 35.1 Å². The second-order valence-corrected chi connectivity index (χ2v) is 14.3. The molecule has 1 unspecified atom stereocenters. The lowest BCUT2D eigenvalue weighted by atomic mass is 10.1. The highest BCUT2D eigenvalue weighted by Crippen LogP contribution is 2.37. The van der Waals surface area contributed by atoms with Crippen molar-refractivity contribution in [2.45, 2.75) is 29.9 Å². The van der Waals surface area contributed by atoms with Crippen LogP contribution < -0.4 is 20.7 Å². The van der Waals surface area contributed by atoms with Crippen molar-refractivity contribution in [2.75, 3.05) is 17.2 Å². The highest BCUT2D eigenvalue weighted by molar-refractivity contribution is 9.10. The maximum Gasteiger partial charge on any atom is 0.272 e. The molecule has 272 valence electrons. The van der Waals surface area contributed by atoms with Gasteiger partial charge in [0.2, 0.25) is 5.91 Å². The van der Waals surface area contributed by atoms with Gasteiger partial charge in [0.05, 0.1) is 6.61 Å². The molecule has 0 bridgehead atoms. The predicted octanol–water partition coefficient (Wildman–Crippen LogP) is 10.8. The molecule has 6 aromatic rings. The standard InChI is InChI=1S/C44H38BrN3O5S/c1-2-3-28-52-36-22-18-34(19-23-36)47-44(51)41(31-10-6-4-7-11-31)54-38-25-20-35(21-26-38)46-43(50)39(48-42(49)32-12-8-5-9-13-32)29-37-24-27-40(53-37)30-14-16-33(45)17-15-30/h4-27,29,41H,2-3,28H2,1H3,(H,46,50)(H,47,51)(H,48,49). The Hall–Kier alpha value is -5.84. The van der Waals surface area contributed by atoms with E-state index >= 15 is 0 Å². The molecular weight excluding hydrogens is 762 g/mol. The molecule has 1 aromatic heterocycles. The van der Waals surface area contributed by atoms with E-state index in [-0.39, 0.29) is 11.6 Å². The van der Waals surface area contributed by atoms with Crippen LogP contribution in [-0.2, 0) is 9.59 Å². The fraction of sp³-hybridized carbons (Fsp3) is 0.114. The van der Waals surface area contributed by atoms with Crippen molar-refractivity contribution in [2.24, 2.45) is 0 Å². The van der Waals surface area contributed by atoms with Crippen LogP contribution in [0.4, 0.5) is 11.4 Å². The minimum Gasteiger partial charge on any atom is -0.494 e. The van der Waals surface area contributed by atoms with E-state index in [1.165, 1.54) is 17.8 Å². The third-order valence-corrected chi connectivity index (χ3v) is 9.96. The summed E-state index contributed by atoms with van der Waals surface area (Å²) in [5.41, 5.74) is 3.29. The predicted molar refractivity (Wildman–Crippen MR) is 219 cm³/mol. The van der Waals surface area contributed by atoms with Crippen LogP contribution in [0.15, 0.2) is 165 Å². The van der Waals surface area contributed by atoms with E-state index in [1.807, 2.05) is 103 Å². The van der Waals surface area contributed by atoms with Gasteiger partial charge in [-0.15, -0.1) is 11.8 Å². The Morgan fingerprint density at radius 3 is 2.09 bits per heavy atom. The van der Waals surface area contributed by atoms with E-state index in [2.05, 4.69) is 38.8 Å². The lowest BCUT2D eigenvalue weighted by molar-refractivity contribution is -0.116. The summed E-state index contributed by atoms with van der Waals surface area (Å²) in [6, 6.07) is 44.0. The van der Waals surface area contributed by atoms with E-state index in [9.17, 15) is 14.4 Å². The first kappa shape index (κ1) is 37.9. The smallest absolute Gasteiger partial charge is 0.272 e. The number of carbonyl (C=O) groups excluding carboxylic acids is 3. The van der Waals surface area contributed by atoms with Gasteiger partial charge in [0.1, 0.15) is 28.2 Å². The van der Waals surface area contributed by atoms with Crippen molar-refractivity contribution in [3.8, 4) is 17.1 Å². The first-order chi connectivity index (χ1) is 26.3. The fourth-order valence-electron chi connectivity index (χ4n) is 5.31. The van der Waals surface area contributed by atoms with Crippen LogP contribution in [0.1, 0.15) is 46.7 Å². The molecule has 10 heteroatoms. The average molecular weight is 801 g/mol. The SMILES string of the molecule is CCCCOc1ccc(NC(=O)C(Sc2ccc(NC(=O)C(=Cc3ccc(-c4ccc(Br)cc4)o3)NC(=O)c3ccccc3)cc2)c2ccccc2)cc1. The quantitative estimate of drug-likeness (QED) is 0.0542. The van der Waals surface area contributed by atoms with Crippen LogP contribution in [0, 0.1) is 0 Å². The average Bonchev–Trinajstić information content (AvgIpc) is 3.67. The van der Waals surface area contributed by atoms with Gasteiger partial charge in [-0.2, -0.15) is 0 Å². The number of nitrogens with one attached hydrogen (secondary N) is 3. The second-order valence-electron chi connectivity index (χ2n) is 12.2. The van der Waals surface area contributed by atoms with Crippen LogP contribution in [0.3, 0.4) is 0 Å². The summed E-state index contributed by atoms with van der Waals surface area (Å²) in [6.45, 7) is 2.77. The first-order valence-electron chi connectivity index (χ1n) is 17.5. The van der Waals surface area contributed by atoms with Crippen molar-refractivity contribution < 1.29 is 23.5 Å². The summed E-state index contributed by atoms with van der Waals surface area (Å²) in [6.07, 6.45) is 3.53. The summed E-state index contributed by atoms with van der Waals surface area (Å²) in [7, 11) is 0. The number of anilines is 2. The summed E-state index contributed by atoms with van der Waals surface area (Å²) < 4.78 is 12.7. The van der Waals surface area contributed by atoms with Crippen LogP contribution in [-0.4, -0.2) is 24.3 Å². The Morgan fingerprint density at radius 2 is 1.41 bits per heavy atom. The molecular formula is C44H38BrN3O5S. The van der Waals surface area contributed by atoms with Gasteiger partial charge in [-0.1, -0.05) is 89.9 Å². The molecule has 0 saturated heterocycles. The van der Waals surface area contributed by atoms with Crippen molar-refractivity contribution in [3.05, 3.63) is 173 Å². The summed E-state index contributed by atoms with van der Waals surface area (Å²) in [4.78, 5) is 41.3. The molecule has 0 saturated carbocycles. The highest BCUT2D eigenvalue weighted by atomic mass is 79.9. The van der Waals surface area contributed by atoms with Gasteiger partial charge in [0.15, 0.2) is 0 Å². The molecule has 0 radical (unpaired) electrons. The van der Waals surface area contributed by atoms with Gasteiger partial charge in [-0.3, -0.25) is 14.4 Å². The lowest BCUT2D eigenvalue weighted by Crippen LogP contribution is -2.30. The maximum atomic E-state index is 13.7. The number of ether oxygens (including phenoxy) is 1. The first-order valence-corrected chi connectivity index (χ1v) is 19.1. The van der Waals surface area contributed by atoms with Crippen molar-refractivity contribution in [1.29, 1.82) is 0 Å². The van der Waals surface area contributed by atoms with E-state index in [0.717, 1.165) is 39.1 Å². The maximum absolute atomic E-state index is 13.7. The zero-order valence-electron chi connectivity index (χ0n) is 29.5. The number of furan rings is 1. The van der Waals surface area contributed by atoms with Gasteiger partial charge in [0, 0.05) is 37.9 Å². The minimum atomic E-state index is -0.551. The number of benzene rings is 5. The normalized spacial score (nSPS) is 11.7. The Labute approximate surface area is 327 Å². The molecule has 1 atom stereocenters. The van der Waals surface area contributed by atoms with Crippen LogP contribution >= 0.6 is 27.7 Å². The van der Waals surface area contributed by atoms with Gasteiger partial charge in [-0.25, -0.2) is 0 Å². The second kappa shape index (κ2) is 18.8. The molecule has 6 rings (SSSR count). The Kier molecular flexibility index (Phi) is 13.2. The van der Waals surface area contributed by atoms with Gasteiger partial charge in [-0.05, 0) is 96.9 Å². The van der Waals surface area contributed by atoms with E-state index in [1.54, 1.807) is 42.5 Å². The van der Waals surface area contributed by atoms with Crippen LogP contribution in [0.5, 0.6) is 5.75 Å².